The van der Waals surface area contributed by atoms with Gasteiger partial charge in [-0.3, -0.25) is 0 Å². The zero-order chi connectivity index (χ0) is 14.4. The summed E-state index contributed by atoms with van der Waals surface area (Å²) in [6.07, 6.45) is -11.8. The highest BCUT2D eigenvalue weighted by atomic mass is 79.9. The molecule has 102 valence electrons. The Morgan fingerprint density at radius 2 is 1.39 bits per heavy atom. The SMILES string of the molecule is Nc1cc(Br)cc(C(O)(C(F)(F)F)C(F)(F)F)c1. The summed E-state index contributed by atoms with van der Waals surface area (Å²) < 4.78 is 75.0. The van der Waals surface area contributed by atoms with E-state index in [4.69, 9.17) is 10.8 Å². The number of halogens is 7. The molecule has 0 aliphatic carbocycles. The average molecular weight is 338 g/mol. The van der Waals surface area contributed by atoms with Gasteiger partial charge in [0.1, 0.15) is 0 Å². The Balaban J connectivity index is 3.55. The van der Waals surface area contributed by atoms with Gasteiger partial charge in [-0.25, -0.2) is 0 Å². The Labute approximate surface area is 106 Å². The predicted octanol–water partition coefficient (Wildman–Crippen LogP) is 3.34. The first kappa shape index (κ1) is 15.1. The zero-order valence-electron chi connectivity index (χ0n) is 8.40. The van der Waals surface area contributed by atoms with E-state index in [-0.39, 0.29) is 10.2 Å². The second-order valence-electron chi connectivity index (χ2n) is 3.48. The first-order chi connectivity index (χ1) is 7.89. The molecule has 0 radical (unpaired) electrons. The number of nitrogens with two attached hydrogens (primary N) is 1. The van der Waals surface area contributed by atoms with Crippen LogP contribution in [0.2, 0.25) is 0 Å². The van der Waals surface area contributed by atoms with Crippen molar-refractivity contribution in [1.82, 2.24) is 0 Å². The van der Waals surface area contributed by atoms with Gasteiger partial charge in [0.2, 0.25) is 0 Å². The van der Waals surface area contributed by atoms with Crippen molar-refractivity contribution in [1.29, 1.82) is 0 Å². The number of hydrogen-bond donors (Lipinski definition) is 2. The van der Waals surface area contributed by atoms with E-state index >= 15 is 0 Å². The molecule has 0 saturated carbocycles. The molecule has 18 heavy (non-hydrogen) atoms. The number of rotatable bonds is 1. The Kier molecular flexibility index (Phi) is 3.61. The molecule has 9 heteroatoms. The molecule has 0 fully saturated rings. The summed E-state index contributed by atoms with van der Waals surface area (Å²) in [5.41, 5.74) is -1.53. The molecule has 0 spiro atoms. The van der Waals surface area contributed by atoms with Crippen LogP contribution in [0.3, 0.4) is 0 Å². The van der Waals surface area contributed by atoms with Gasteiger partial charge in [0.15, 0.2) is 0 Å². The van der Waals surface area contributed by atoms with Gasteiger partial charge in [-0.1, -0.05) is 15.9 Å². The predicted molar refractivity (Wildman–Crippen MR) is 54.6 cm³/mol. The van der Waals surface area contributed by atoms with Gasteiger partial charge < -0.3 is 10.8 Å². The largest absolute Gasteiger partial charge is 0.430 e. The van der Waals surface area contributed by atoms with Crippen LogP contribution in [-0.2, 0) is 5.60 Å². The van der Waals surface area contributed by atoms with Crippen molar-refractivity contribution >= 4 is 21.6 Å². The number of hydrogen-bond acceptors (Lipinski definition) is 2. The summed E-state index contributed by atoms with van der Waals surface area (Å²) in [6, 6.07) is 2.04. The van der Waals surface area contributed by atoms with Crippen LogP contribution >= 0.6 is 15.9 Å². The average Bonchev–Trinajstić information content (AvgIpc) is 2.11. The third kappa shape index (κ3) is 2.41. The first-order valence-electron chi connectivity index (χ1n) is 4.32. The molecule has 0 heterocycles. The molecular weight excluding hydrogens is 332 g/mol. The van der Waals surface area contributed by atoms with Crippen LogP contribution in [0.5, 0.6) is 0 Å². The Bertz CT molecular complexity index is 421. The number of alkyl halides is 6. The summed E-state index contributed by atoms with van der Waals surface area (Å²) in [7, 11) is 0. The summed E-state index contributed by atoms with van der Waals surface area (Å²) in [6.45, 7) is 0. The maximum atomic E-state index is 12.5. The third-order valence-corrected chi connectivity index (χ3v) is 2.62. The van der Waals surface area contributed by atoms with E-state index in [2.05, 4.69) is 15.9 Å². The third-order valence-electron chi connectivity index (χ3n) is 2.16. The zero-order valence-corrected chi connectivity index (χ0v) is 9.99. The van der Waals surface area contributed by atoms with Gasteiger partial charge in [0.05, 0.1) is 0 Å². The fourth-order valence-electron chi connectivity index (χ4n) is 1.31. The maximum Gasteiger partial charge on any atom is 0.430 e. The Morgan fingerprint density at radius 1 is 0.944 bits per heavy atom. The molecule has 0 bridgehead atoms. The fraction of sp³-hybridized carbons (Fsp3) is 0.333. The van der Waals surface area contributed by atoms with Gasteiger partial charge in [-0.15, -0.1) is 0 Å². The molecule has 1 aromatic rings. The van der Waals surface area contributed by atoms with Crippen LogP contribution in [0.1, 0.15) is 5.56 Å². The van der Waals surface area contributed by atoms with Crippen LogP contribution in [0.4, 0.5) is 32.0 Å². The topological polar surface area (TPSA) is 46.2 Å². The molecule has 1 aromatic carbocycles. The van der Waals surface area contributed by atoms with Gasteiger partial charge in [0.25, 0.3) is 5.60 Å². The molecule has 1 rings (SSSR count). The molecule has 3 N–H and O–H groups in total. The normalized spacial score (nSPS) is 13.8. The van der Waals surface area contributed by atoms with Crippen LogP contribution in [0.25, 0.3) is 0 Å². The van der Waals surface area contributed by atoms with E-state index < -0.39 is 23.5 Å². The lowest BCUT2D eigenvalue weighted by atomic mass is 9.92. The molecule has 0 atom stereocenters. The lowest BCUT2D eigenvalue weighted by Gasteiger charge is -2.32. The minimum atomic E-state index is -5.92. The van der Waals surface area contributed by atoms with E-state index in [1.54, 1.807) is 0 Å². The van der Waals surface area contributed by atoms with E-state index in [1.807, 2.05) is 0 Å². The minimum absolute atomic E-state index is 0.107. The Morgan fingerprint density at radius 3 is 1.72 bits per heavy atom. The van der Waals surface area contributed by atoms with Crippen LogP contribution < -0.4 is 5.73 Å². The van der Waals surface area contributed by atoms with Crippen LogP contribution in [-0.4, -0.2) is 17.5 Å². The highest BCUT2D eigenvalue weighted by molar-refractivity contribution is 9.10. The molecule has 0 aliphatic heterocycles. The molecule has 2 nitrogen and oxygen atoms in total. The lowest BCUT2D eigenvalue weighted by molar-refractivity contribution is -0.376. The van der Waals surface area contributed by atoms with Crippen LogP contribution in [0.15, 0.2) is 22.7 Å². The number of aliphatic hydroxyl groups is 1. The molecule has 0 saturated heterocycles. The smallest absolute Gasteiger partial charge is 0.399 e. The van der Waals surface area contributed by atoms with Crippen molar-refractivity contribution in [3.05, 3.63) is 28.2 Å². The van der Waals surface area contributed by atoms with Crippen molar-refractivity contribution in [3.63, 3.8) is 0 Å². The number of nitrogen functional groups attached to an aromatic ring is 1. The second kappa shape index (κ2) is 4.30. The van der Waals surface area contributed by atoms with Crippen molar-refractivity contribution in [3.8, 4) is 0 Å². The number of anilines is 1. The van der Waals surface area contributed by atoms with Crippen molar-refractivity contribution in [2.75, 3.05) is 5.73 Å². The standard InChI is InChI=1S/C9H6BrF6NO/c10-5-1-4(2-6(17)3-5)7(18,8(11,12)13)9(14,15)16/h1-3,18H,17H2. The van der Waals surface area contributed by atoms with Gasteiger partial charge in [0, 0.05) is 15.7 Å². The first-order valence-corrected chi connectivity index (χ1v) is 5.11. The van der Waals surface area contributed by atoms with Gasteiger partial charge >= 0.3 is 12.4 Å². The van der Waals surface area contributed by atoms with E-state index in [0.717, 1.165) is 6.07 Å². The highest BCUT2D eigenvalue weighted by Crippen LogP contribution is 2.50. The molecule has 0 aromatic heterocycles. The monoisotopic (exact) mass is 337 g/mol. The molecule has 0 unspecified atom stereocenters. The minimum Gasteiger partial charge on any atom is -0.399 e. The summed E-state index contributed by atoms with van der Waals surface area (Å²) in [4.78, 5) is 0. The molecule has 0 amide bonds. The maximum absolute atomic E-state index is 12.5. The van der Waals surface area contributed by atoms with Crippen molar-refractivity contribution < 1.29 is 31.4 Å². The van der Waals surface area contributed by atoms with Gasteiger partial charge in [-0.2, -0.15) is 26.3 Å². The lowest BCUT2D eigenvalue weighted by Crippen LogP contribution is -2.53. The van der Waals surface area contributed by atoms with Crippen molar-refractivity contribution in [2.24, 2.45) is 0 Å². The Hall–Kier alpha value is -0.960. The van der Waals surface area contributed by atoms with Gasteiger partial charge in [-0.05, 0) is 18.2 Å². The van der Waals surface area contributed by atoms with E-state index in [9.17, 15) is 26.3 Å². The molecule has 0 aliphatic rings. The van der Waals surface area contributed by atoms with E-state index in [0.29, 0.717) is 12.1 Å². The van der Waals surface area contributed by atoms with Crippen LogP contribution in [0, 0.1) is 0 Å². The number of benzene rings is 1. The van der Waals surface area contributed by atoms with E-state index in [1.165, 1.54) is 0 Å². The summed E-state index contributed by atoms with van der Waals surface area (Å²) in [5, 5.41) is 9.08. The summed E-state index contributed by atoms with van der Waals surface area (Å²) >= 11 is 2.71. The quantitative estimate of drug-likeness (QED) is 0.609. The highest BCUT2D eigenvalue weighted by Gasteiger charge is 2.71. The van der Waals surface area contributed by atoms with Crippen molar-refractivity contribution in [2.45, 2.75) is 18.0 Å². The second-order valence-corrected chi connectivity index (χ2v) is 4.39. The fourth-order valence-corrected chi connectivity index (χ4v) is 1.82. The summed E-state index contributed by atoms with van der Waals surface area (Å²) in [5.74, 6) is 0. The molecular formula is C9H6BrF6NO.